The van der Waals surface area contributed by atoms with Crippen molar-refractivity contribution in [2.75, 3.05) is 19.5 Å². The summed E-state index contributed by atoms with van der Waals surface area (Å²) in [5.41, 5.74) is -0.232. The Bertz CT molecular complexity index is 893. The topological polar surface area (TPSA) is 106 Å². The zero-order chi connectivity index (χ0) is 26.3. The average Bonchev–Trinajstić information content (AvgIpc) is 2.78. The van der Waals surface area contributed by atoms with Crippen molar-refractivity contribution in [3.8, 4) is 0 Å². The van der Waals surface area contributed by atoms with Crippen molar-refractivity contribution in [1.29, 1.82) is 0 Å². The molecule has 2 amide bonds. The molecule has 2 rings (SSSR count). The number of hydrogen-bond donors (Lipinski definition) is 3. The molecule has 0 aliphatic heterocycles. The molecule has 1 aromatic rings. The molecule has 35 heavy (non-hydrogen) atoms. The first-order chi connectivity index (χ1) is 16.4. The number of esters is 1. The highest BCUT2D eigenvalue weighted by Gasteiger charge is 2.32. The minimum atomic E-state index is -1.09. The summed E-state index contributed by atoms with van der Waals surface area (Å²) < 4.78 is 25.1. The Morgan fingerprint density at radius 3 is 2.26 bits per heavy atom. The summed E-state index contributed by atoms with van der Waals surface area (Å²) in [5.74, 6) is -1.33. The molecule has 0 radical (unpaired) electrons. The van der Waals surface area contributed by atoms with E-state index in [2.05, 4.69) is 22.9 Å². The third-order valence-corrected chi connectivity index (χ3v) is 6.53. The van der Waals surface area contributed by atoms with E-state index in [1.165, 1.54) is 19.2 Å². The molecular formula is C26H40FN3O5. The van der Waals surface area contributed by atoms with Crippen LogP contribution < -0.4 is 16.0 Å². The summed E-state index contributed by atoms with van der Waals surface area (Å²) in [6, 6.07) is 2.85. The normalized spacial score (nSPS) is 20.8. The second-order valence-corrected chi connectivity index (χ2v) is 10.5. The molecule has 3 N–H and O–H groups in total. The summed E-state index contributed by atoms with van der Waals surface area (Å²) >= 11 is 0. The lowest BCUT2D eigenvalue weighted by molar-refractivity contribution is -0.143. The number of rotatable bonds is 8. The average molecular weight is 494 g/mol. The van der Waals surface area contributed by atoms with Crippen molar-refractivity contribution in [1.82, 2.24) is 10.6 Å². The Balaban J connectivity index is 2.14. The fourth-order valence-electron chi connectivity index (χ4n) is 4.47. The van der Waals surface area contributed by atoms with Crippen LogP contribution in [0.25, 0.3) is 0 Å². The Morgan fingerprint density at radius 1 is 1.11 bits per heavy atom. The van der Waals surface area contributed by atoms with Crippen LogP contribution in [0.3, 0.4) is 0 Å². The number of alkyl carbamates (subject to hydrolysis) is 1. The zero-order valence-corrected chi connectivity index (χ0v) is 21.9. The van der Waals surface area contributed by atoms with Crippen molar-refractivity contribution in [3.63, 3.8) is 0 Å². The fourth-order valence-corrected chi connectivity index (χ4v) is 4.47. The van der Waals surface area contributed by atoms with Gasteiger partial charge in [-0.2, -0.15) is 0 Å². The van der Waals surface area contributed by atoms with Gasteiger partial charge in [0.2, 0.25) is 5.91 Å². The molecule has 0 bridgehead atoms. The maximum atomic E-state index is 15.0. The SMILES string of the molecule is CN[C@H](C(=O)Nc1ccc([C@H](C)[C@@H](NC(=O)OC(C)(C)C)C(=O)OC)cc1F)C1CCC(C)CC1. The first-order valence-corrected chi connectivity index (χ1v) is 12.2. The van der Waals surface area contributed by atoms with E-state index < -0.39 is 41.5 Å². The molecule has 9 heteroatoms. The minimum absolute atomic E-state index is 0.0603. The van der Waals surface area contributed by atoms with Crippen LogP contribution in [-0.4, -0.2) is 49.8 Å². The highest BCUT2D eigenvalue weighted by Crippen LogP contribution is 2.31. The smallest absolute Gasteiger partial charge is 0.408 e. The molecule has 0 saturated heterocycles. The summed E-state index contributed by atoms with van der Waals surface area (Å²) in [5, 5.41) is 8.30. The number of likely N-dealkylation sites (N-methyl/N-ethyl adjacent to an activating group) is 1. The molecule has 1 aliphatic rings. The maximum absolute atomic E-state index is 15.0. The summed E-state index contributed by atoms with van der Waals surface area (Å²) in [4.78, 5) is 37.5. The first-order valence-electron chi connectivity index (χ1n) is 12.2. The van der Waals surface area contributed by atoms with Gasteiger partial charge in [0.05, 0.1) is 18.8 Å². The van der Waals surface area contributed by atoms with Crippen molar-refractivity contribution >= 4 is 23.7 Å². The van der Waals surface area contributed by atoms with Gasteiger partial charge < -0.3 is 25.4 Å². The van der Waals surface area contributed by atoms with E-state index in [1.54, 1.807) is 40.8 Å². The summed E-state index contributed by atoms with van der Waals surface area (Å²) in [6.07, 6.45) is 3.29. The second-order valence-electron chi connectivity index (χ2n) is 10.5. The Kier molecular flexibility index (Phi) is 10.1. The molecule has 196 valence electrons. The molecule has 1 fully saturated rings. The molecule has 0 aromatic heterocycles. The molecule has 0 heterocycles. The predicted octanol–water partition coefficient (Wildman–Crippen LogP) is 4.35. The number of methoxy groups -OCH3 is 1. The van der Waals surface area contributed by atoms with Gasteiger partial charge in [0, 0.05) is 5.92 Å². The molecule has 1 aromatic carbocycles. The predicted molar refractivity (Wildman–Crippen MR) is 133 cm³/mol. The van der Waals surface area contributed by atoms with Gasteiger partial charge in [-0.15, -0.1) is 0 Å². The van der Waals surface area contributed by atoms with Gasteiger partial charge >= 0.3 is 12.1 Å². The van der Waals surface area contributed by atoms with Crippen molar-refractivity contribution < 1.29 is 28.2 Å². The van der Waals surface area contributed by atoms with Crippen molar-refractivity contribution in [2.24, 2.45) is 11.8 Å². The Labute approximate surface area is 207 Å². The van der Waals surface area contributed by atoms with Crippen LogP contribution in [0.2, 0.25) is 0 Å². The first kappa shape index (κ1) is 28.6. The lowest BCUT2D eigenvalue weighted by atomic mass is 9.79. The van der Waals surface area contributed by atoms with Gasteiger partial charge in [0.25, 0.3) is 0 Å². The van der Waals surface area contributed by atoms with E-state index in [4.69, 9.17) is 9.47 Å². The van der Waals surface area contributed by atoms with Crippen LogP contribution in [0.1, 0.15) is 71.8 Å². The number of carbonyl (C=O) groups excluding carboxylic acids is 3. The van der Waals surface area contributed by atoms with E-state index in [0.29, 0.717) is 11.5 Å². The highest BCUT2D eigenvalue weighted by molar-refractivity contribution is 5.95. The number of anilines is 1. The number of nitrogens with one attached hydrogen (secondary N) is 3. The van der Waals surface area contributed by atoms with E-state index in [-0.39, 0.29) is 17.5 Å². The van der Waals surface area contributed by atoms with Crippen molar-refractivity contribution in [3.05, 3.63) is 29.6 Å². The molecular weight excluding hydrogens is 453 g/mol. The van der Waals surface area contributed by atoms with Gasteiger partial charge in [0.1, 0.15) is 17.5 Å². The molecule has 1 saturated carbocycles. The third kappa shape index (κ3) is 8.19. The lowest BCUT2D eigenvalue weighted by Gasteiger charge is -2.31. The van der Waals surface area contributed by atoms with Crippen LogP contribution in [0, 0.1) is 17.7 Å². The zero-order valence-electron chi connectivity index (χ0n) is 21.9. The number of halogens is 1. The summed E-state index contributed by atoms with van der Waals surface area (Å²) in [7, 11) is 2.96. The quantitative estimate of drug-likeness (QED) is 0.465. The maximum Gasteiger partial charge on any atom is 0.408 e. The van der Waals surface area contributed by atoms with Crippen LogP contribution in [-0.2, 0) is 19.1 Å². The Hall–Kier alpha value is -2.68. The number of benzene rings is 1. The molecule has 0 spiro atoms. The Morgan fingerprint density at radius 2 is 1.74 bits per heavy atom. The van der Waals surface area contributed by atoms with Gasteiger partial charge in [0.15, 0.2) is 0 Å². The number of carbonyl (C=O) groups is 3. The van der Waals surface area contributed by atoms with Crippen molar-refractivity contribution in [2.45, 2.75) is 83.9 Å². The van der Waals surface area contributed by atoms with E-state index in [9.17, 15) is 18.8 Å². The molecule has 0 unspecified atom stereocenters. The van der Waals surface area contributed by atoms with Crippen LogP contribution >= 0.6 is 0 Å². The van der Waals surface area contributed by atoms with E-state index in [1.807, 2.05) is 0 Å². The largest absolute Gasteiger partial charge is 0.467 e. The number of ether oxygens (including phenoxy) is 2. The van der Waals surface area contributed by atoms with Crippen LogP contribution in [0.4, 0.5) is 14.9 Å². The minimum Gasteiger partial charge on any atom is -0.467 e. The lowest BCUT2D eigenvalue weighted by Crippen LogP contribution is -2.46. The highest BCUT2D eigenvalue weighted by atomic mass is 19.1. The fraction of sp³-hybridized carbons (Fsp3) is 0.654. The number of amides is 2. The van der Waals surface area contributed by atoms with Gasteiger partial charge in [-0.3, -0.25) is 4.79 Å². The number of hydrogen-bond acceptors (Lipinski definition) is 6. The van der Waals surface area contributed by atoms with E-state index in [0.717, 1.165) is 25.7 Å². The van der Waals surface area contributed by atoms with Crippen LogP contribution in [0.5, 0.6) is 0 Å². The molecule has 8 nitrogen and oxygen atoms in total. The second kappa shape index (κ2) is 12.3. The van der Waals surface area contributed by atoms with Gasteiger partial charge in [-0.05, 0) is 70.2 Å². The van der Waals surface area contributed by atoms with E-state index >= 15 is 0 Å². The third-order valence-electron chi connectivity index (χ3n) is 6.53. The molecule has 3 atom stereocenters. The van der Waals surface area contributed by atoms with Crippen LogP contribution in [0.15, 0.2) is 18.2 Å². The molecule has 1 aliphatic carbocycles. The monoisotopic (exact) mass is 493 g/mol. The summed E-state index contributed by atoms with van der Waals surface area (Å²) in [6.45, 7) is 9.01. The van der Waals surface area contributed by atoms with Gasteiger partial charge in [-0.1, -0.05) is 32.8 Å². The standard InChI is InChI=1S/C26H40FN3O5/c1-15-8-10-17(11-9-15)22(28-6)23(31)29-20-13-12-18(14-19(20)27)16(2)21(24(32)34-7)30-25(33)35-26(3,4)5/h12-17,21-22,28H,8-11H2,1-7H3,(H,29,31)(H,30,33)/t15?,16-,17?,21+,22-/m0/s1. The van der Waals surface area contributed by atoms with Gasteiger partial charge in [-0.25, -0.2) is 14.0 Å².